The molecule has 2 aromatic carbocycles. The lowest BCUT2D eigenvalue weighted by molar-refractivity contribution is -0.155. The summed E-state index contributed by atoms with van der Waals surface area (Å²) in [6, 6.07) is 15.5. The minimum atomic E-state index is -0.330. The van der Waals surface area contributed by atoms with Gasteiger partial charge in [-0.15, -0.1) is 0 Å². The molecule has 262 valence electrons. The average Bonchev–Trinajstić information content (AvgIpc) is 3.41. The van der Waals surface area contributed by atoms with E-state index in [0.29, 0.717) is 47.2 Å². The molecule has 0 N–H and O–H groups in total. The van der Waals surface area contributed by atoms with E-state index in [-0.39, 0.29) is 23.5 Å². The molecule has 2 fully saturated rings. The highest BCUT2D eigenvalue weighted by Gasteiger charge is 2.58. The van der Waals surface area contributed by atoms with Gasteiger partial charge in [-0.05, 0) is 110 Å². The summed E-state index contributed by atoms with van der Waals surface area (Å²) in [5.74, 6) is 2.55. The van der Waals surface area contributed by atoms with Crippen molar-refractivity contribution in [1.82, 2.24) is 0 Å². The quantitative estimate of drug-likeness (QED) is 0.0907. The van der Waals surface area contributed by atoms with E-state index in [4.69, 9.17) is 9.47 Å². The SMILES string of the molecule is CCCCCCCCCCCC(=O)CCCC[C@@H]1Cc2cc(OC(=O)c3ccccc3)ccc2C2CC[C@@]3(C)C(CC[C@@H]3OC(C)=O)C21. The Balaban J connectivity index is 1.19. The predicted molar refractivity (Wildman–Crippen MR) is 192 cm³/mol. The molecule has 0 amide bonds. The maximum atomic E-state index is 12.8. The molecular weight excluding hydrogens is 596 g/mol. The number of carbonyl (C=O) groups is 3. The van der Waals surface area contributed by atoms with E-state index >= 15 is 0 Å². The fraction of sp³-hybridized carbons (Fsp3) is 0.651. The first kappa shape index (κ1) is 36.3. The zero-order valence-corrected chi connectivity index (χ0v) is 30.0. The summed E-state index contributed by atoms with van der Waals surface area (Å²) in [5, 5.41) is 0. The number of Topliss-reactive ketones (excluding diaryl/α,β-unsaturated/α-hetero) is 1. The molecule has 5 nitrogen and oxygen atoms in total. The van der Waals surface area contributed by atoms with Crippen molar-refractivity contribution in [3.05, 3.63) is 65.2 Å². The molecule has 0 radical (unpaired) electrons. The van der Waals surface area contributed by atoms with Crippen LogP contribution in [0, 0.1) is 23.2 Å². The van der Waals surface area contributed by atoms with Crippen LogP contribution in [0.15, 0.2) is 48.5 Å². The van der Waals surface area contributed by atoms with Crippen molar-refractivity contribution in [3.63, 3.8) is 0 Å². The Morgan fingerprint density at radius 3 is 2.21 bits per heavy atom. The summed E-state index contributed by atoms with van der Waals surface area (Å²) in [5.41, 5.74) is 3.28. The first-order valence-corrected chi connectivity index (χ1v) is 19.4. The monoisotopic (exact) mass is 656 g/mol. The van der Waals surface area contributed by atoms with E-state index in [0.717, 1.165) is 64.2 Å². The fourth-order valence-electron chi connectivity index (χ4n) is 9.68. The van der Waals surface area contributed by atoms with Gasteiger partial charge in [-0.2, -0.15) is 0 Å². The van der Waals surface area contributed by atoms with Crippen LogP contribution in [0.25, 0.3) is 0 Å². The zero-order valence-electron chi connectivity index (χ0n) is 30.0. The van der Waals surface area contributed by atoms with Gasteiger partial charge >= 0.3 is 11.9 Å². The first-order valence-electron chi connectivity index (χ1n) is 19.4. The molecule has 0 saturated heterocycles. The smallest absolute Gasteiger partial charge is 0.343 e. The summed E-state index contributed by atoms with van der Waals surface area (Å²) >= 11 is 0. The third-order valence-electron chi connectivity index (χ3n) is 12.2. The second-order valence-corrected chi connectivity index (χ2v) is 15.5. The lowest BCUT2D eigenvalue weighted by Crippen LogP contribution is -2.48. The molecule has 0 spiro atoms. The summed E-state index contributed by atoms with van der Waals surface area (Å²) in [6.07, 6.45) is 21.2. The van der Waals surface area contributed by atoms with Gasteiger partial charge in [0.1, 0.15) is 17.6 Å². The van der Waals surface area contributed by atoms with Gasteiger partial charge in [0.2, 0.25) is 0 Å². The average molecular weight is 657 g/mol. The minimum absolute atomic E-state index is 0.00134. The molecule has 3 unspecified atom stereocenters. The largest absolute Gasteiger partial charge is 0.462 e. The van der Waals surface area contributed by atoms with Gasteiger partial charge in [0.05, 0.1) is 5.56 Å². The molecule has 2 saturated carbocycles. The second kappa shape index (κ2) is 17.6. The Morgan fingerprint density at radius 2 is 1.50 bits per heavy atom. The highest BCUT2D eigenvalue weighted by atomic mass is 16.5. The van der Waals surface area contributed by atoms with Gasteiger partial charge in [-0.3, -0.25) is 9.59 Å². The number of ether oxygens (including phenoxy) is 2. The Morgan fingerprint density at radius 1 is 0.812 bits per heavy atom. The van der Waals surface area contributed by atoms with Crippen LogP contribution >= 0.6 is 0 Å². The van der Waals surface area contributed by atoms with E-state index in [9.17, 15) is 14.4 Å². The molecule has 0 aromatic heterocycles. The van der Waals surface area contributed by atoms with Gasteiger partial charge in [0, 0.05) is 25.2 Å². The lowest BCUT2D eigenvalue weighted by atomic mass is 9.52. The molecule has 5 heteroatoms. The minimum Gasteiger partial charge on any atom is -0.462 e. The standard InChI is InChI=1S/C43H60O5/c1-4-5-6-7-8-9-10-11-15-21-35(45)22-17-16-20-33-29-34-30-36(48-42(46)32-18-13-12-14-19-32)23-24-37(34)38-27-28-43(3)39(41(33)38)25-26-40(43)47-31(2)44/h12-14,18-19,23-24,30,33,38-41H,4-11,15-17,20-22,25-29H2,1-3H3/t33-,38?,39?,40+,41?,43+/m1/s1. The summed E-state index contributed by atoms with van der Waals surface area (Å²) < 4.78 is 11.8. The van der Waals surface area contributed by atoms with E-state index < -0.39 is 0 Å². The lowest BCUT2D eigenvalue weighted by Gasteiger charge is -2.53. The molecule has 0 heterocycles. The van der Waals surface area contributed by atoms with Gasteiger partial charge in [0.15, 0.2) is 0 Å². The molecule has 6 atom stereocenters. The summed E-state index contributed by atoms with van der Waals surface area (Å²) in [6.45, 7) is 6.18. The molecule has 5 rings (SSSR count). The van der Waals surface area contributed by atoms with Crippen molar-refractivity contribution in [2.24, 2.45) is 23.2 Å². The topological polar surface area (TPSA) is 69.7 Å². The number of rotatable bonds is 18. The van der Waals surface area contributed by atoms with Crippen LogP contribution < -0.4 is 4.74 Å². The van der Waals surface area contributed by atoms with Crippen LogP contribution in [0.4, 0.5) is 0 Å². The van der Waals surface area contributed by atoms with Crippen LogP contribution in [0.2, 0.25) is 0 Å². The highest BCUT2D eigenvalue weighted by Crippen LogP contribution is 2.63. The number of fused-ring (bicyclic) bond motifs is 5. The number of benzene rings is 2. The number of unbranched alkanes of at least 4 members (excludes halogenated alkanes) is 9. The van der Waals surface area contributed by atoms with Crippen molar-refractivity contribution in [3.8, 4) is 5.75 Å². The van der Waals surface area contributed by atoms with E-state index in [1.54, 1.807) is 19.1 Å². The van der Waals surface area contributed by atoms with E-state index in [1.165, 1.54) is 62.5 Å². The predicted octanol–water partition coefficient (Wildman–Crippen LogP) is 11.0. The highest BCUT2D eigenvalue weighted by molar-refractivity contribution is 5.91. The van der Waals surface area contributed by atoms with Crippen molar-refractivity contribution in [2.45, 2.75) is 155 Å². The second-order valence-electron chi connectivity index (χ2n) is 15.5. The van der Waals surface area contributed by atoms with Gasteiger partial charge in [-0.1, -0.05) is 95.9 Å². The van der Waals surface area contributed by atoms with Crippen molar-refractivity contribution in [2.75, 3.05) is 0 Å². The molecule has 3 aliphatic rings. The molecule has 0 aliphatic heterocycles. The number of ketones is 1. The maximum Gasteiger partial charge on any atom is 0.343 e. The molecule has 0 bridgehead atoms. The molecule has 2 aromatic rings. The Bertz CT molecular complexity index is 1350. The molecule has 3 aliphatic carbocycles. The first-order chi connectivity index (χ1) is 23.3. The fourth-order valence-corrected chi connectivity index (χ4v) is 9.68. The number of hydrogen-bond acceptors (Lipinski definition) is 5. The molecule has 48 heavy (non-hydrogen) atoms. The number of carbonyl (C=O) groups excluding carboxylic acids is 3. The van der Waals surface area contributed by atoms with Gasteiger partial charge < -0.3 is 9.47 Å². The van der Waals surface area contributed by atoms with Crippen molar-refractivity contribution < 1.29 is 23.9 Å². The van der Waals surface area contributed by atoms with Crippen molar-refractivity contribution in [1.29, 1.82) is 0 Å². The van der Waals surface area contributed by atoms with E-state index in [2.05, 4.69) is 26.0 Å². The third-order valence-corrected chi connectivity index (χ3v) is 12.2. The van der Waals surface area contributed by atoms with Crippen LogP contribution in [-0.2, 0) is 20.7 Å². The van der Waals surface area contributed by atoms with Crippen molar-refractivity contribution >= 4 is 17.7 Å². The maximum absolute atomic E-state index is 12.8. The molecular formula is C43H60O5. The van der Waals surface area contributed by atoms with Crippen LogP contribution in [0.3, 0.4) is 0 Å². The van der Waals surface area contributed by atoms with Crippen LogP contribution in [-0.4, -0.2) is 23.8 Å². The van der Waals surface area contributed by atoms with Crippen LogP contribution in [0.5, 0.6) is 5.75 Å². The summed E-state index contributed by atoms with van der Waals surface area (Å²) in [7, 11) is 0. The number of hydrogen-bond donors (Lipinski definition) is 0. The summed E-state index contributed by atoms with van der Waals surface area (Å²) in [4.78, 5) is 37.6. The third kappa shape index (κ3) is 9.18. The Labute approximate surface area is 289 Å². The van der Waals surface area contributed by atoms with Crippen LogP contribution in [0.1, 0.15) is 164 Å². The number of esters is 2. The normalized spacial score (nSPS) is 25.9. The van der Waals surface area contributed by atoms with Gasteiger partial charge in [0.25, 0.3) is 0 Å². The Kier molecular flexibility index (Phi) is 13.3. The zero-order chi connectivity index (χ0) is 33.9. The van der Waals surface area contributed by atoms with Gasteiger partial charge in [-0.25, -0.2) is 4.79 Å². The Hall–Kier alpha value is -2.95. The van der Waals surface area contributed by atoms with E-state index in [1.807, 2.05) is 24.3 Å².